The molecule has 0 radical (unpaired) electrons. The molecule has 3 aromatic rings. The van der Waals surface area contributed by atoms with Crippen molar-refractivity contribution in [3.8, 4) is 23.1 Å². The van der Waals surface area contributed by atoms with Crippen molar-refractivity contribution in [3.05, 3.63) is 65.6 Å². The molecule has 0 aliphatic carbocycles. The highest BCUT2D eigenvalue weighted by molar-refractivity contribution is 5.76. The third-order valence-electron chi connectivity index (χ3n) is 5.64. The second-order valence-electron chi connectivity index (χ2n) is 7.97. The number of amides is 1. The molecular weight excluding hydrogens is 425 g/mol. The Morgan fingerprint density at radius 1 is 1.18 bits per heavy atom. The van der Waals surface area contributed by atoms with Gasteiger partial charge in [-0.15, -0.1) is 0 Å². The molecule has 1 aliphatic rings. The van der Waals surface area contributed by atoms with Crippen LogP contribution in [0.3, 0.4) is 0 Å². The minimum absolute atomic E-state index is 0.0465. The summed E-state index contributed by atoms with van der Waals surface area (Å²) in [5.41, 5.74) is 2.23. The first-order valence-electron chi connectivity index (χ1n) is 11.1. The summed E-state index contributed by atoms with van der Waals surface area (Å²) in [4.78, 5) is 12.4. The summed E-state index contributed by atoms with van der Waals surface area (Å²) < 4.78 is 32.1. The fourth-order valence-electron chi connectivity index (χ4n) is 3.80. The summed E-state index contributed by atoms with van der Waals surface area (Å²) in [5.74, 6) is 1.44. The van der Waals surface area contributed by atoms with Gasteiger partial charge in [0.1, 0.15) is 17.3 Å². The number of nitrogens with one attached hydrogen (secondary N) is 1. The number of ether oxygens (including phenoxy) is 3. The lowest BCUT2D eigenvalue weighted by atomic mass is 10.1. The van der Waals surface area contributed by atoms with Gasteiger partial charge in [-0.1, -0.05) is 0 Å². The quantitative estimate of drug-likeness (QED) is 0.522. The second-order valence-corrected chi connectivity index (χ2v) is 7.97. The van der Waals surface area contributed by atoms with Crippen LogP contribution in [0.1, 0.15) is 30.5 Å². The van der Waals surface area contributed by atoms with Crippen LogP contribution in [0.5, 0.6) is 17.4 Å². The Hall–Kier alpha value is -3.39. The number of halogens is 1. The summed E-state index contributed by atoms with van der Waals surface area (Å²) in [7, 11) is 1.60. The van der Waals surface area contributed by atoms with Gasteiger partial charge in [-0.2, -0.15) is 5.10 Å². The molecule has 7 nitrogen and oxygen atoms in total. The van der Waals surface area contributed by atoms with Gasteiger partial charge in [-0.05, 0) is 74.7 Å². The van der Waals surface area contributed by atoms with E-state index >= 15 is 0 Å². The average Bonchev–Trinajstić information content (AvgIpc) is 3.45. The third kappa shape index (κ3) is 5.70. The van der Waals surface area contributed by atoms with Gasteiger partial charge in [-0.3, -0.25) is 4.79 Å². The smallest absolute Gasteiger partial charge is 0.226 e. The zero-order chi connectivity index (χ0) is 23.2. The lowest BCUT2D eigenvalue weighted by Crippen LogP contribution is -2.31. The number of benzene rings is 2. The number of hydrogen-bond donors (Lipinski definition) is 1. The molecule has 33 heavy (non-hydrogen) atoms. The molecule has 2 aromatic carbocycles. The van der Waals surface area contributed by atoms with Crippen LogP contribution < -0.4 is 14.8 Å². The molecule has 8 heteroatoms. The molecule has 1 atom stereocenters. The topological polar surface area (TPSA) is 74.6 Å². The van der Waals surface area contributed by atoms with E-state index in [1.807, 2.05) is 6.92 Å². The molecule has 2 heterocycles. The predicted octanol–water partition coefficient (Wildman–Crippen LogP) is 4.35. The van der Waals surface area contributed by atoms with Crippen LogP contribution in [0.15, 0.2) is 48.5 Å². The number of hydrogen-bond acceptors (Lipinski definition) is 5. The number of rotatable bonds is 9. The summed E-state index contributed by atoms with van der Waals surface area (Å²) in [6, 6.07) is 13.2. The molecule has 0 saturated carbocycles. The Morgan fingerprint density at radius 2 is 1.91 bits per heavy atom. The van der Waals surface area contributed by atoms with E-state index in [1.54, 1.807) is 48.2 Å². The van der Waals surface area contributed by atoms with Crippen molar-refractivity contribution >= 4 is 5.91 Å². The van der Waals surface area contributed by atoms with Crippen molar-refractivity contribution in [3.63, 3.8) is 0 Å². The monoisotopic (exact) mass is 453 g/mol. The van der Waals surface area contributed by atoms with Crippen LogP contribution in [0.4, 0.5) is 4.39 Å². The van der Waals surface area contributed by atoms with Gasteiger partial charge >= 0.3 is 0 Å². The number of methoxy groups -OCH3 is 1. The van der Waals surface area contributed by atoms with E-state index in [9.17, 15) is 9.18 Å². The minimum atomic E-state index is -0.330. The molecule has 1 amide bonds. The van der Waals surface area contributed by atoms with Crippen molar-refractivity contribution in [2.75, 3.05) is 20.3 Å². The van der Waals surface area contributed by atoms with Crippen LogP contribution in [0.25, 0.3) is 5.69 Å². The first-order chi connectivity index (χ1) is 16.0. The molecule has 0 bridgehead atoms. The van der Waals surface area contributed by atoms with Crippen molar-refractivity contribution in [2.24, 2.45) is 0 Å². The molecule has 4 rings (SSSR count). The molecular formula is C25H28FN3O4. The van der Waals surface area contributed by atoms with Crippen LogP contribution in [0.2, 0.25) is 0 Å². The molecule has 0 unspecified atom stereocenters. The van der Waals surface area contributed by atoms with Gasteiger partial charge in [0.2, 0.25) is 11.8 Å². The average molecular weight is 454 g/mol. The second kappa shape index (κ2) is 10.5. The van der Waals surface area contributed by atoms with Crippen LogP contribution in [-0.4, -0.2) is 42.1 Å². The lowest BCUT2D eigenvalue weighted by Gasteiger charge is -2.13. The maximum absolute atomic E-state index is 13.5. The largest absolute Gasteiger partial charge is 0.497 e. The van der Waals surface area contributed by atoms with E-state index in [0.29, 0.717) is 42.5 Å². The Labute approximate surface area is 192 Å². The highest BCUT2D eigenvalue weighted by Gasteiger charge is 2.21. The van der Waals surface area contributed by atoms with Gasteiger partial charge in [0.25, 0.3) is 0 Å². The standard InChI is InChI=1S/C25H28FN3O4/c1-17-23(13-14-24(30)27-16-22-4-3-15-32-22)25(33-21-11-9-20(31-2)10-12-21)29(28-17)19-7-5-18(26)6-8-19/h5-12,22H,3-4,13-16H2,1-2H3,(H,27,30)/t22-/m0/s1. The highest BCUT2D eigenvalue weighted by atomic mass is 19.1. The maximum atomic E-state index is 13.5. The SMILES string of the molecule is COc1ccc(Oc2c(CCC(=O)NC[C@@H]3CCCO3)c(C)nn2-c2ccc(F)cc2)cc1. The van der Waals surface area contributed by atoms with E-state index in [2.05, 4.69) is 10.4 Å². The van der Waals surface area contributed by atoms with Crippen LogP contribution in [0, 0.1) is 12.7 Å². The van der Waals surface area contributed by atoms with Crippen molar-refractivity contribution < 1.29 is 23.4 Å². The van der Waals surface area contributed by atoms with E-state index in [1.165, 1.54) is 12.1 Å². The summed E-state index contributed by atoms with van der Waals surface area (Å²) in [6.07, 6.45) is 2.86. The zero-order valence-corrected chi connectivity index (χ0v) is 18.8. The van der Waals surface area contributed by atoms with Crippen molar-refractivity contribution in [1.29, 1.82) is 0 Å². The Bertz CT molecular complexity index is 1070. The number of nitrogens with zero attached hydrogens (tertiary/aromatic N) is 2. The van der Waals surface area contributed by atoms with Gasteiger partial charge in [0.05, 0.1) is 24.6 Å². The highest BCUT2D eigenvalue weighted by Crippen LogP contribution is 2.32. The van der Waals surface area contributed by atoms with E-state index < -0.39 is 0 Å². The fourth-order valence-corrected chi connectivity index (χ4v) is 3.80. The van der Waals surface area contributed by atoms with Crippen LogP contribution >= 0.6 is 0 Å². The molecule has 1 N–H and O–H groups in total. The zero-order valence-electron chi connectivity index (χ0n) is 18.8. The Kier molecular flexibility index (Phi) is 7.24. The summed E-state index contributed by atoms with van der Waals surface area (Å²) in [5, 5.41) is 7.57. The fraction of sp³-hybridized carbons (Fsp3) is 0.360. The predicted molar refractivity (Wildman–Crippen MR) is 122 cm³/mol. The maximum Gasteiger partial charge on any atom is 0.226 e. The van der Waals surface area contributed by atoms with Gasteiger partial charge in [0, 0.05) is 25.1 Å². The number of carbonyl (C=O) groups excluding carboxylic acids is 1. The molecule has 1 aliphatic heterocycles. The third-order valence-corrected chi connectivity index (χ3v) is 5.64. The molecule has 1 fully saturated rings. The molecule has 1 saturated heterocycles. The van der Waals surface area contributed by atoms with Crippen LogP contribution in [-0.2, 0) is 16.0 Å². The summed E-state index contributed by atoms with van der Waals surface area (Å²) >= 11 is 0. The minimum Gasteiger partial charge on any atom is -0.497 e. The summed E-state index contributed by atoms with van der Waals surface area (Å²) in [6.45, 7) is 3.16. The Balaban J connectivity index is 1.55. The normalized spacial score (nSPS) is 15.4. The Morgan fingerprint density at radius 3 is 2.58 bits per heavy atom. The first kappa shape index (κ1) is 22.8. The molecule has 1 aromatic heterocycles. The first-order valence-corrected chi connectivity index (χ1v) is 11.1. The molecule has 174 valence electrons. The van der Waals surface area contributed by atoms with E-state index in [0.717, 1.165) is 30.7 Å². The van der Waals surface area contributed by atoms with Gasteiger partial charge in [0.15, 0.2) is 0 Å². The van der Waals surface area contributed by atoms with Gasteiger partial charge in [-0.25, -0.2) is 9.07 Å². The van der Waals surface area contributed by atoms with Crippen molar-refractivity contribution in [2.45, 2.75) is 38.7 Å². The number of carbonyl (C=O) groups is 1. The molecule has 0 spiro atoms. The number of aryl methyl sites for hydroxylation is 1. The lowest BCUT2D eigenvalue weighted by molar-refractivity contribution is -0.121. The van der Waals surface area contributed by atoms with Crippen molar-refractivity contribution in [1.82, 2.24) is 15.1 Å². The van der Waals surface area contributed by atoms with E-state index in [-0.39, 0.29) is 17.8 Å². The van der Waals surface area contributed by atoms with Gasteiger partial charge < -0.3 is 19.5 Å². The van der Waals surface area contributed by atoms with E-state index in [4.69, 9.17) is 14.2 Å². The number of aromatic nitrogens is 2.